The molecule has 0 aromatic heterocycles. The number of ether oxygens (including phenoxy) is 1. The van der Waals surface area contributed by atoms with Crippen molar-refractivity contribution >= 4 is 0 Å². The Labute approximate surface area is 105 Å². The van der Waals surface area contributed by atoms with Crippen LogP contribution in [0.15, 0.2) is 0 Å². The van der Waals surface area contributed by atoms with E-state index in [4.69, 9.17) is 4.74 Å². The van der Waals surface area contributed by atoms with Crippen LogP contribution in [0.25, 0.3) is 0 Å². The van der Waals surface area contributed by atoms with Gasteiger partial charge >= 0.3 is 0 Å². The summed E-state index contributed by atoms with van der Waals surface area (Å²) in [6.45, 7) is 2.32. The average molecular weight is 235 g/mol. The molecule has 0 saturated heterocycles. The second-order valence-corrected chi connectivity index (χ2v) is 5.94. The fraction of sp³-hybridized carbons (Fsp3) is 0.933. The first kappa shape index (κ1) is 12.9. The molecule has 2 nitrogen and oxygen atoms in total. The Balaban J connectivity index is 1.88. The molecule has 0 aromatic rings. The molecule has 0 spiro atoms. The van der Waals surface area contributed by atoms with E-state index in [1.54, 1.807) is 0 Å². The van der Waals surface area contributed by atoms with Crippen LogP contribution in [0.3, 0.4) is 0 Å². The summed E-state index contributed by atoms with van der Waals surface area (Å²) in [4.78, 5) is 0. The van der Waals surface area contributed by atoms with Crippen LogP contribution in [0.1, 0.15) is 64.7 Å². The lowest BCUT2D eigenvalue weighted by Crippen LogP contribution is -2.30. The van der Waals surface area contributed by atoms with Crippen LogP contribution >= 0.6 is 0 Å². The standard InChI is InChI=1S/C15H25NO/c1-12-6-5-8-14(10-12)17-15-9-4-2-3-7-13(15)11-16/h12-15H,2-10H2,1H3. The quantitative estimate of drug-likeness (QED) is 0.676. The summed E-state index contributed by atoms with van der Waals surface area (Å²) >= 11 is 0. The zero-order valence-corrected chi connectivity index (χ0v) is 11.0. The molecule has 96 valence electrons. The first-order valence-corrected chi connectivity index (χ1v) is 7.34. The van der Waals surface area contributed by atoms with Gasteiger partial charge in [-0.05, 0) is 31.6 Å². The zero-order chi connectivity index (χ0) is 12.1. The lowest BCUT2D eigenvalue weighted by atomic mass is 9.88. The summed E-state index contributed by atoms with van der Waals surface area (Å²) < 4.78 is 6.26. The molecule has 2 saturated carbocycles. The minimum atomic E-state index is 0.148. The van der Waals surface area contributed by atoms with Crippen molar-refractivity contribution in [1.82, 2.24) is 0 Å². The van der Waals surface area contributed by atoms with Crippen molar-refractivity contribution in [2.24, 2.45) is 11.8 Å². The molecule has 2 aliphatic rings. The number of hydrogen-bond acceptors (Lipinski definition) is 2. The Morgan fingerprint density at radius 3 is 2.59 bits per heavy atom. The summed E-state index contributed by atoms with van der Waals surface area (Å²) in [6.07, 6.45) is 11.6. The van der Waals surface area contributed by atoms with Crippen molar-refractivity contribution in [1.29, 1.82) is 5.26 Å². The lowest BCUT2D eigenvalue weighted by molar-refractivity contribution is -0.0573. The molecule has 2 rings (SSSR count). The third kappa shape index (κ3) is 3.71. The van der Waals surface area contributed by atoms with E-state index in [0.717, 1.165) is 18.8 Å². The summed E-state index contributed by atoms with van der Waals surface area (Å²) in [5.41, 5.74) is 0. The molecule has 0 aliphatic heterocycles. The van der Waals surface area contributed by atoms with Gasteiger partial charge in [0.2, 0.25) is 0 Å². The van der Waals surface area contributed by atoms with E-state index >= 15 is 0 Å². The molecule has 4 unspecified atom stereocenters. The predicted molar refractivity (Wildman–Crippen MR) is 68.5 cm³/mol. The highest BCUT2D eigenvalue weighted by Crippen LogP contribution is 2.31. The molecule has 2 aliphatic carbocycles. The summed E-state index contributed by atoms with van der Waals surface area (Å²) in [5.74, 6) is 0.954. The number of hydrogen-bond donors (Lipinski definition) is 0. The maximum absolute atomic E-state index is 9.24. The Bertz CT molecular complexity index is 271. The minimum Gasteiger partial charge on any atom is -0.374 e. The monoisotopic (exact) mass is 235 g/mol. The molecule has 0 N–H and O–H groups in total. The predicted octanol–water partition coefficient (Wildman–Crippen LogP) is 4.05. The van der Waals surface area contributed by atoms with Gasteiger partial charge in [-0.25, -0.2) is 0 Å². The van der Waals surface area contributed by atoms with Crippen LogP contribution in [-0.4, -0.2) is 12.2 Å². The van der Waals surface area contributed by atoms with Crippen LogP contribution in [0.4, 0.5) is 0 Å². The highest BCUT2D eigenvalue weighted by molar-refractivity contribution is 4.91. The normalized spacial score (nSPS) is 39.3. The molecular formula is C15H25NO. The number of rotatable bonds is 2. The summed E-state index contributed by atoms with van der Waals surface area (Å²) in [6, 6.07) is 2.47. The van der Waals surface area contributed by atoms with Crippen LogP contribution < -0.4 is 0 Å². The Morgan fingerprint density at radius 2 is 1.82 bits per heavy atom. The van der Waals surface area contributed by atoms with Gasteiger partial charge in [0.15, 0.2) is 0 Å². The SMILES string of the molecule is CC1CCCC(OC2CCCCCC2C#N)C1. The number of nitrogens with zero attached hydrogens (tertiary/aromatic N) is 1. The van der Waals surface area contributed by atoms with Crippen molar-refractivity contribution in [3.05, 3.63) is 0 Å². The van der Waals surface area contributed by atoms with Gasteiger partial charge in [-0.3, -0.25) is 0 Å². The number of nitriles is 1. The van der Waals surface area contributed by atoms with E-state index in [0.29, 0.717) is 6.10 Å². The average Bonchev–Trinajstić information content (AvgIpc) is 2.54. The van der Waals surface area contributed by atoms with Gasteiger partial charge in [-0.2, -0.15) is 5.26 Å². The fourth-order valence-corrected chi connectivity index (χ4v) is 3.33. The van der Waals surface area contributed by atoms with E-state index in [2.05, 4.69) is 13.0 Å². The third-order valence-corrected chi connectivity index (χ3v) is 4.37. The lowest BCUT2D eigenvalue weighted by Gasteiger charge is -2.31. The fourth-order valence-electron chi connectivity index (χ4n) is 3.33. The second kappa shape index (κ2) is 6.40. The highest BCUT2D eigenvalue weighted by Gasteiger charge is 2.28. The second-order valence-electron chi connectivity index (χ2n) is 5.94. The molecule has 2 fully saturated rings. The zero-order valence-electron chi connectivity index (χ0n) is 11.0. The van der Waals surface area contributed by atoms with E-state index in [9.17, 15) is 5.26 Å². The van der Waals surface area contributed by atoms with Gasteiger partial charge in [-0.15, -0.1) is 0 Å². The maximum Gasteiger partial charge on any atom is 0.0736 e. The molecule has 0 amide bonds. The van der Waals surface area contributed by atoms with Gasteiger partial charge < -0.3 is 4.74 Å². The molecule has 4 atom stereocenters. The van der Waals surface area contributed by atoms with Crippen LogP contribution in [0, 0.1) is 23.2 Å². The molecular weight excluding hydrogens is 210 g/mol. The van der Waals surface area contributed by atoms with Gasteiger partial charge in [0.05, 0.1) is 24.2 Å². The van der Waals surface area contributed by atoms with E-state index < -0.39 is 0 Å². The smallest absolute Gasteiger partial charge is 0.0736 e. The summed E-state index contributed by atoms with van der Waals surface area (Å²) in [5, 5.41) is 9.24. The van der Waals surface area contributed by atoms with Crippen LogP contribution in [0.2, 0.25) is 0 Å². The van der Waals surface area contributed by atoms with Crippen molar-refractivity contribution in [2.75, 3.05) is 0 Å². The maximum atomic E-state index is 9.24. The Morgan fingerprint density at radius 1 is 1.00 bits per heavy atom. The van der Waals surface area contributed by atoms with Gasteiger partial charge in [0.1, 0.15) is 0 Å². The van der Waals surface area contributed by atoms with E-state index in [1.165, 1.54) is 44.9 Å². The highest BCUT2D eigenvalue weighted by atomic mass is 16.5. The van der Waals surface area contributed by atoms with Crippen LogP contribution in [-0.2, 0) is 4.74 Å². The molecule has 0 heterocycles. The molecule has 0 radical (unpaired) electrons. The van der Waals surface area contributed by atoms with Crippen molar-refractivity contribution < 1.29 is 4.74 Å². The van der Waals surface area contributed by atoms with E-state index in [1.807, 2.05) is 0 Å². The van der Waals surface area contributed by atoms with Crippen molar-refractivity contribution in [3.63, 3.8) is 0 Å². The van der Waals surface area contributed by atoms with Gasteiger partial charge in [-0.1, -0.05) is 39.0 Å². The van der Waals surface area contributed by atoms with E-state index in [-0.39, 0.29) is 12.0 Å². The van der Waals surface area contributed by atoms with Gasteiger partial charge in [0, 0.05) is 0 Å². The third-order valence-electron chi connectivity index (χ3n) is 4.37. The molecule has 2 heteroatoms. The topological polar surface area (TPSA) is 33.0 Å². The molecule has 0 bridgehead atoms. The van der Waals surface area contributed by atoms with Crippen LogP contribution in [0.5, 0.6) is 0 Å². The largest absolute Gasteiger partial charge is 0.374 e. The Hall–Kier alpha value is -0.550. The van der Waals surface area contributed by atoms with Gasteiger partial charge in [0.25, 0.3) is 0 Å². The minimum absolute atomic E-state index is 0.148. The van der Waals surface area contributed by atoms with Crippen molar-refractivity contribution in [2.45, 2.75) is 76.9 Å². The Kier molecular flexibility index (Phi) is 4.86. The first-order chi connectivity index (χ1) is 8.29. The van der Waals surface area contributed by atoms with Crippen molar-refractivity contribution in [3.8, 4) is 6.07 Å². The summed E-state index contributed by atoms with van der Waals surface area (Å²) in [7, 11) is 0. The molecule has 17 heavy (non-hydrogen) atoms. The first-order valence-electron chi connectivity index (χ1n) is 7.34. The molecule has 0 aromatic carbocycles.